The summed E-state index contributed by atoms with van der Waals surface area (Å²) in [4.78, 5) is 0. The number of benzene rings is 2. The summed E-state index contributed by atoms with van der Waals surface area (Å²) in [5.41, 5.74) is 1.87. The van der Waals surface area contributed by atoms with E-state index in [0.29, 0.717) is 0 Å². The first-order valence-electron chi connectivity index (χ1n) is 6.21. The summed E-state index contributed by atoms with van der Waals surface area (Å²) >= 11 is 0. The zero-order chi connectivity index (χ0) is 13.7. The molecule has 19 heavy (non-hydrogen) atoms. The summed E-state index contributed by atoms with van der Waals surface area (Å²) in [5, 5.41) is 10.1. The summed E-state index contributed by atoms with van der Waals surface area (Å²) in [5.74, 6) is 1.57. The number of aryl methyl sites for hydroxylation is 1. The number of hydrogen-bond donors (Lipinski definition) is 1. The van der Waals surface area contributed by atoms with Crippen molar-refractivity contribution in [1.82, 2.24) is 0 Å². The van der Waals surface area contributed by atoms with E-state index in [1.807, 2.05) is 55.5 Å². The van der Waals surface area contributed by atoms with E-state index in [0.717, 1.165) is 22.6 Å². The number of para-hydroxylation sites is 1. The zero-order valence-electron chi connectivity index (χ0n) is 11.2. The molecule has 1 N–H and O–H groups in total. The smallest absolute Gasteiger partial charge is 0.122 e. The summed E-state index contributed by atoms with van der Waals surface area (Å²) in [7, 11) is 1.62. The van der Waals surface area contributed by atoms with Crippen molar-refractivity contribution in [3.63, 3.8) is 0 Å². The van der Waals surface area contributed by atoms with Gasteiger partial charge in [0.05, 0.1) is 7.11 Å². The molecule has 0 unspecified atom stereocenters. The van der Waals surface area contributed by atoms with Crippen LogP contribution >= 0.6 is 0 Å². The Morgan fingerprint density at radius 1 is 1.05 bits per heavy atom. The van der Waals surface area contributed by atoms with Crippen molar-refractivity contribution in [1.29, 1.82) is 0 Å². The van der Waals surface area contributed by atoms with E-state index in [9.17, 15) is 5.11 Å². The molecule has 100 valence electrons. The first-order chi connectivity index (χ1) is 9.20. The molecule has 0 heterocycles. The van der Waals surface area contributed by atoms with E-state index < -0.39 is 6.10 Å². The van der Waals surface area contributed by atoms with Gasteiger partial charge < -0.3 is 14.6 Å². The highest BCUT2D eigenvalue weighted by Gasteiger charge is 2.09. The van der Waals surface area contributed by atoms with Gasteiger partial charge in [0.25, 0.3) is 0 Å². The average Bonchev–Trinajstić information content (AvgIpc) is 2.46. The molecule has 3 nitrogen and oxygen atoms in total. The zero-order valence-corrected chi connectivity index (χ0v) is 11.2. The largest absolute Gasteiger partial charge is 0.497 e. The Hall–Kier alpha value is -2.00. The van der Waals surface area contributed by atoms with Gasteiger partial charge in [-0.2, -0.15) is 0 Å². The van der Waals surface area contributed by atoms with E-state index in [2.05, 4.69) is 0 Å². The fraction of sp³-hybridized carbons (Fsp3) is 0.250. The Morgan fingerprint density at radius 2 is 1.74 bits per heavy atom. The first kappa shape index (κ1) is 13.4. The molecule has 0 saturated carbocycles. The van der Waals surface area contributed by atoms with E-state index >= 15 is 0 Å². The van der Waals surface area contributed by atoms with Crippen molar-refractivity contribution in [3.8, 4) is 11.5 Å². The van der Waals surface area contributed by atoms with Crippen LogP contribution in [0.3, 0.4) is 0 Å². The Balaban J connectivity index is 1.97. The lowest BCUT2D eigenvalue weighted by atomic mass is 10.1. The Bertz CT molecular complexity index is 520. The fourth-order valence-corrected chi connectivity index (χ4v) is 1.81. The summed E-state index contributed by atoms with van der Waals surface area (Å²) in [6.07, 6.45) is -0.648. The van der Waals surface area contributed by atoms with Crippen molar-refractivity contribution in [3.05, 3.63) is 59.7 Å². The number of aliphatic hydroxyl groups is 1. The third kappa shape index (κ3) is 3.48. The van der Waals surface area contributed by atoms with Gasteiger partial charge in [0, 0.05) is 0 Å². The molecule has 0 amide bonds. The normalized spacial score (nSPS) is 11.9. The second-order valence-corrected chi connectivity index (χ2v) is 4.37. The highest BCUT2D eigenvalue weighted by atomic mass is 16.5. The Kier molecular flexibility index (Phi) is 4.42. The molecule has 3 heteroatoms. The van der Waals surface area contributed by atoms with Gasteiger partial charge in [-0.15, -0.1) is 0 Å². The highest BCUT2D eigenvalue weighted by molar-refractivity contribution is 5.32. The summed E-state index contributed by atoms with van der Waals surface area (Å²) < 4.78 is 10.7. The molecular weight excluding hydrogens is 240 g/mol. The molecule has 0 fully saturated rings. The minimum Gasteiger partial charge on any atom is -0.497 e. The molecule has 0 radical (unpaired) electrons. The maximum Gasteiger partial charge on any atom is 0.122 e. The van der Waals surface area contributed by atoms with E-state index in [4.69, 9.17) is 9.47 Å². The van der Waals surface area contributed by atoms with E-state index in [1.54, 1.807) is 7.11 Å². The Morgan fingerprint density at radius 3 is 2.37 bits per heavy atom. The van der Waals surface area contributed by atoms with Crippen LogP contribution in [0.5, 0.6) is 11.5 Å². The molecule has 0 spiro atoms. The van der Waals surface area contributed by atoms with Gasteiger partial charge in [0.1, 0.15) is 24.2 Å². The van der Waals surface area contributed by atoms with Crippen LogP contribution < -0.4 is 9.47 Å². The first-order valence-corrected chi connectivity index (χ1v) is 6.21. The molecule has 0 aromatic heterocycles. The third-order valence-electron chi connectivity index (χ3n) is 2.99. The lowest BCUT2D eigenvalue weighted by Gasteiger charge is -2.14. The standard InChI is InChI=1S/C16H18O3/c1-12-5-3-4-6-16(12)19-11-15(17)13-7-9-14(18-2)10-8-13/h3-10,15,17H,11H2,1-2H3/t15-/m1/s1. The third-order valence-corrected chi connectivity index (χ3v) is 2.99. The van der Waals surface area contributed by atoms with Crippen LogP contribution in [0.25, 0.3) is 0 Å². The number of hydrogen-bond acceptors (Lipinski definition) is 3. The lowest BCUT2D eigenvalue weighted by Crippen LogP contribution is -2.10. The number of aliphatic hydroxyl groups excluding tert-OH is 1. The van der Waals surface area contributed by atoms with Crippen molar-refractivity contribution < 1.29 is 14.6 Å². The molecule has 2 aromatic carbocycles. The minimum absolute atomic E-state index is 0.233. The van der Waals surface area contributed by atoms with E-state index in [1.165, 1.54) is 0 Å². The number of methoxy groups -OCH3 is 1. The topological polar surface area (TPSA) is 38.7 Å². The van der Waals surface area contributed by atoms with E-state index in [-0.39, 0.29) is 6.61 Å². The molecular formula is C16H18O3. The van der Waals surface area contributed by atoms with Gasteiger partial charge in [-0.1, -0.05) is 30.3 Å². The summed E-state index contributed by atoms with van der Waals surface area (Å²) in [6.45, 7) is 2.21. The number of ether oxygens (including phenoxy) is 2. The minimum atomic E-state index is -0.648. The van der Waals surface area contributed by atoms with Gasteiger partial charge in [-0.25, -0.2) is 0 Å². The fourth-order valence-electron chi connectivity index (χ4n) is 1.81. The molecule has 1 atom stereocenters. The van der Waals surface area contributed by atoms with Gasteiger partial charge in [0.2, 0.25) is 0 Å². The van der Waals surface area contributed by atoms with Gasteiger partial charge in [0.15, 0.2) is 0 Å². The van der Waals surface area contributed by atoms with Crippen LogP contribution in [0.15, 0.2) is 48.5 Å². The molecule has 0 aliphatic heterocycles. The molecule has 0 saturated heterocycles. The second-order valence-electron chi connectivity index (χ2n) is 4.37. The summed E-state index contributed by atoms with van der Waals surface area (Å²) in [6, 6.07) is 15.1. The molecule has 2 aromatic rings. The SMILES string of the molecule is COc1ccc([C@H](O)COc2ccccc2C)cc1. The quantitative estimate of drug-likeness (QED) is 0.895. The predicted molar refractivity (Wildman–Crippen MR) is 74.6 cm³/mol. The maximum absolute atomic E-state index is 10.1. The van der Waals surface area contributed by atoms with Crippen molar-refractivity contribution >= 4 is 0 Å². The van der Waals surface area contributed by atoms with Crippen LogP contribution in [-0.4, -0.2) is 18.8 Å². The van der Waals surface area contributed by atoms with Crippen molar-refractivity contribution in [2.45, 2.75) is 13.0 Å². The predicted octanol–water partition coefficient (Wildman–Crippen LogP) is 3.12. The molecule has 0 aliphatic rings. The van der Waals surface area contributed by atoms with Crippen molar-refractivity contribution in [2.75, 3.05) is 13.7 Å². The van der Waals surface area contributed by atoms with Crippen LogP contribution in [0.1, 0.15) is 17.2 Å². The van der Waals surface area contributed by atoms with Crippen LogP contribution in [-0.2, 0) is 0 Å². The lowest BCUT2D eigenvalue weighted by molar-refractivity contribution is 0.108. The molecule has 2 rings (SSSR count). The monoisotopic (exact) mass is 258 g/mol. The second kappa shape index (κ2) is 6.25. The van der Waals surface area contributed by atoms with Crippen molar-refractivity contribution in [2.24, 2.45) is 0 Å². The highest BCUT2D eigenvalue weighted by Crippen LogP contribution is 2.21. The van der Waals surface area contributed by atoms with Crippen LogP contribution in [0, 0.1) is 6.92 Å². The van der Waals surface area contributed by atoms with Crippen LogP contribution in [0.4, 0.5) is 0 Å². The molecule has 0 aliphatic carbocycles. The van der Waals surface area contributed by atoms with Gasteiger partial charge in [-0.05, 0) is 36.2 Å². The van der Waals surface area contributed by atoms with Gasteiger partial charge >= 0.3 is 0 Å². The Labute approximate surface area is 113 Å². The molecule has 0 bridgehead atoms. The van der Waals surface area contributed by atoms with Crippen LogP contribution in [0.2, 0.25) is 0 Å². The number of rotatable bonds is 5. The maximum atomic E-state index is 10.1. The van der Waals surface area contributed by atoms with Gasteiger partial charge in [-0.3, -0.25) is 0 Å². The average molecular weight is 258 g/mol.